The molecule has 7 nitrogen and oxygen atoms in total. The zero-order valence-corrected chi connectivity index (χ0v) is 14.9. The molecule has 1 aromatic carbocycles. The van der Waals surface area contributed by atoms with E-state index in [2.05, 4.69) is 4.74 Å². The summed E-state index contributed by atoms with van der Waals surface area (Å²) in [7, 11) is 0. The van der Waals surface area contributed by atoms with Gasteiger partial charge in [0.1, 0.15) is 5.82 Å². The van der Waals surface area contributed by atoms with Crippen LogP contribution in [-0.4, -0.2) is 65.4 Å². The van der Waals surface area contributed by atoms with Gasteiger partial charge in [-0.2, -0.15) is 0 Å². The summed E-state index contributed by atoms with van der Waals surface area (Å²) in [6.07, 6.45) is -0.220. The van der Waals surface area contributed by atoms with Gasteiger partial charge in [0, 0.05) is 18.7 Å². The van der Waals surface area contributed by atoms with E-state index in [1.165, 1.54) is 0 Å². The molecule has 0 saturated carbocycles. The second kappa shape index (κ2) is 14.4. The first-order chi connectivity index (χ1) is 13.0. The van der Waals surface area contributed by atoms with E-state index in [0.717, 1.165) is 0 Å². The number of hydrogen-bond acceptors (Lipinski definition) is 7. The lowest BCUT2D eigenvalue weighted by Crippen LogP contribution is -2.16. The van der Waals surface area contributed by atoms with Crippen molar-refractivity contribution in [2.75, 3.05) is 59.4 Å². The highest BCUT2D eigenvalue weighted by Crippen LogP contribution is 2.23. The highest BCUT2D eigenvalue weighted by Gasteiger charge is 2.16. The van der Waals surface area contributed by atoms with E-state index >= 15 is 0 Å². The van der Waals surface area contributed by atoms with Crippen molar-refractivity contribution in [3.63, 3.8) is 0 Å². The minimum atomic E-state index is -1.29. The SMILES string of the molecule is NCCOCCOCCOCCOCCC(=O)Oc1c(F)cc(F)cc1F. The Morgan fingerprint density at radius 1 is 0.778 bits per heavy atom. The number of hydrogen-bond donors (Lipinski definition) is 1. The maximum Gasteiger partial charge on any atom is 0.313 e. The van der Waals surface area contributed by atoms with Crippen LogP contribution in [0.1, 0.15) is 6.42 Å². The van der Waals surface area contributed by atoms with E-state index in [1.54, 1.807) is 0 Å². The lowest BCUT2D eigenvalue weighted by Gasteiger charge is -2.08. The molecule has 0 aliphatic carbocycles. The van der Waals surface area contributed by atoms with Crippen LogP contribution in [0.2, 0.25) is 0 Å². The smallest absolute Gasteiger partial charge is 0.313 e. The molecule has 0 bridgehead atoms. The molecule has 0 spiro atoms. The molecular weight excluding hydrogens is 371 g/mol. The number of esters is 1. The number of ether oxygens (including phenoxy) is 5. The number of nitrogens with two attached hydrogens (primary N) is 1. The maximum absolute atomic E-state index is 13.3. The number of halogens is 3. The second-order valence-corrected chi connectivity index (χ2v) is 5.16. The molecule has 0 atom stereocenters. The molecule has 2 N–H and O–H groups in total. The molecule has 10 heteroatoms. The van der Waals surface area contributed by atoms with Gasteiger partial charge in [-0.05, 0) is 0 Å². The number of rotatable bonds is 15. The Balaban J connectivity index is 1.99. The molecule has 0 aliphatic heterocycles. The van der Waals surface area contributed by atoms with Crippen molar-refractivity contribution in [3.8, 4) is 5.75 Å². The van der Waals surface area contributed by atoms with Crippen molar-refractivity contribution in [2.24, 2.45) is 5.73 Å². The summed E-state index contributed by atoms with van der Waals surface area (Å²) < 4.78 is 64.7. The van der Waals surface area contributed by atoms with Crippen LogP contribution < -0.4 is 10.5 Å². The van der Waals surface area contributed by atoms with Crippen molar-refractivity contribution in [2.45, 2.75) is 6.42 Å². The second-order valence-electron chi connectivity index (χ2n) is 5.16. The van der Waals surface area contributed by atoms with E-state index in [0.29, 0.717) is 58.3 Å². The monoisotopic (exact) mass is 395 g/mol. The molecule has 1 rings (SSSR count). The molecule has 1 aromatic rings. The van der Waals surface area contributed by atoms with Crippen LogP contribution in [-0.2, 0) is 23.7 Å². The summed E-state index contributed by atoms with van der Waals surface area (Å²) in [5, 5.41) is 0. The quantitative estimate of drug-likeness (QED) is 0.273. The lowest BCUT2D eigenvalue weighted by atomic mass is 10.3. The van der Waals surface area contributed by atoms with Crippen LogP contribution in [0.5, 0.6) is 5.75 Å². The molecule has 0 unspecified atom stereocenters. The van der Waals surface area contributed by atoms with E-state index in [1.807, 2.05) is 0 Å². The first kappa shape index (κ1) is 23.3. The van der Waals surface area contributed by atoms with Crippen molar-refractivity contribution < 1.29 is 41.7 Å². The van der Waals surface area contributed by atoms with Crippen LogP contribution in [0.3, 0.4) is 0 Å². The van der Waals surface area contributed by atoms with Gasteiger partial charge in [0.05, 0.1) is 59.3 Å². The van der Waals surface area contributed by atoms with Crippen LogP contribution in [0.25, 0.3) is 0 Å². The van der Waals surface area contributed by atoms with Gasteiger partial charge in [-0.25, -0.2) is 13.2 Å². The van der Waals surface area contributed by atoms with Crippen LogP contribution >= 0.6 is 0 Å². The molecule has 0 radical (unpaired) electrons. The largest absolute Gasteiger partial charge is 0.420 e. The van der Waals surface area contributed by atoms with E-state index in [-0.39, 0.29) is 19.6 Å². The fourth-order valence-electron chi connectivity index (χ4n) is 1.79. The lowest BCUT2D eigenvalue weighted by molar-refractivity contribution is -0.136. The van der Waals surface area contributed by atoms with Crippen LogP contribution in [0, 0.1) is 17.5 Å². The minimum absolute atomic E-state index is 0.0123. The maximum atomic E-state index is 13.3. The van der Waals surface area contributed by atoms with Crippen LogP contribution in [0.15, 0.2) is 12.1 Å². The predicted molar refractivity (Wildman–Crippen MR) is 88.9 cm³/mol. The summed E-state index contributed by atoms with van der Waals surface area (Å²) in [5.74, 6) is -5.51. The Kier molecular flexibility index (Phi) is 12.4. The third-order valence-electron chi connectivity index (χ3n) is 3.01. The molecule has 0 heterocycles. The number of benzene rings is 1. The molecular formula is C17H24F3NO6. The Morgan fingerprint density at radius 3 is 1.70 bits per heavy atom. The van der Waals surface area contributed by atoms with Crippen molar-refractivity contribution in [1.29, 1.82) is 0 Å². The third kappa shape index (κ3) is 10.9. The van der Waals surface area contributed by atoms with Crippen molar-refractivity contribution in [3.05, 3.63) is 29.6 Å². The van der Waals surface area contributed by atoms with Gasteiger partial charge < -0.3 is 29.4 Å². The zero-order chi connectivity index (χ0) is 19.9. The van der Waals surface area contributed by atoms with E-state index < -0.39 is 29.2 Å². The normalized spacial score (nSPS) is 11.0. The van der Waals surface area contributed by atoms with Gasteiger partial charge in [-0.1, -0.05) is 0 Å². The molecule has 0 aliphatic rings. The molecule has 154 valence electrons. The van der Waals surface area contributed by atoms with E-state index in [9.17, 15) is 18.0 Å². The Morgan fingerprint density at radius 2 is 1.22 bits per heavy atom. The van der Waals surface area contributed by atoms with Crippen LogP contribution in [0.4, 0.5) is 13.2 Å². The van der Waals surface area contributed by atoms with Gasteiger partial charge in [0.2, 0.25) is 5.75 Å². The first-order valence-electron chi connectivity index (χ1n) is 8.41. The van der Waals surface area contributed by atoms with Gasteiger partial charge >= 0.3 is 5.97 Å². The fourth-order valence-corrected chi connectivity index (χ4v) is 1.79. The summed E-state index contributed by atoms with van der Waals surface area (Å²) >= 11 is 0. The van der Waals surface area contributed by atoms with Crippen molar-refractivity contribution in [1.82, 2.24) is 0 Å². The molecule has 0 amide bonds. The molecule has 0 saturated heterocycles. The average Bonchev–Trinajstić information content (AvgIpc) is 2.62. The summed E-state index contributed by atoms with van der Waals surface area (Å²) in [4.78, 5) is 11.5. The first-order valence-corrected chi connectivity index (χ1v) is 8.41. The van der Waals surface area contributed by atoms with Gasteiger partial charge in [-0.3, -0.25) is 4.79 Å². The highest BCUT2D eigenvalue weighted by molar-refractivity contribution is 5.72. The highest BCUT2D eigenvalue weighted by atomic mass is 19.1. The third-order valence-corrected chi connectivity index (χ3v) is 3.01. The predicted octanol–water partition coefficient (Wildman–Crippen LogP) is 1.42. The van der Waals surface area contributed by atoms with Gasteiger partial charge in [-0.15, -0.1) is 0 Å². The Hall–Kier alpha value is -1.72. The standard InChI is InChI=1S/C17H24F3NO6/c18-13-11-14(19)17(15(20)12-13)27-16(22)1-3-23-5-7-25-9-10-26-8-6-24-4-2-21/h11-12H,1-10,21H2. The average molecular weight is 395 g/mol. The van der Waals surface area contributed by atoms with Gasteiger partial charge in [0.15, 0.2) is 11.6 Å². The zero-order valence-electron chi connectivity index (χ0n) is 14.9. The fraction of sp³-hybridized carbons (Fsp3) is 0.588. The summed E-state index contributed by atoms with van der Waals surface area (Å²) in [6, 6.07) is 0.854. The van der Waals surface area contributed by atoms with Gasteiger partial charge in [0.25, 0.3) is 0 Å². The minimum Gasteiger partial charge on any atom is -0.420 e. The van der Waals surface area contributed by atoms with Crippen molar-refractivity contribution >= 4 is 5.97 Å². The summed E-state index contributed by atoms with van der Waals surface area (Å²) in [6.45, 7) is 3.20. The molecule has 0 aromatic heterocycles. The summed E-state index contributed by atoms with van der Waals surface area (Å²) in [5.41, 5.74) is 5.26. The Labute approximate surface area is 155 Å². The number of carbonyl (C=O) groups excluding carboxylic acids is 1. The Bertz CT molecular complexity index is 538. The molecule has 0 fully saturated rings. The topological polar surface area (TPSA) is 89.2 Å². The molecule has 27 heavy (non-hydrogen) atoms. The van der Waals surface area contributed by atoms with E-state index in [4.69, 9.17) is 24.7 Å². The number of carbonyl (C=O) groups is 1.